The van der Waals surface area contributed by atoms with Gasteiger partial charge in [0.05, 0.1) is 29.1 Å². The first kappa shape index (κ1) is 16.6. The molecule has 1 unspecified atom stereocenters. The van der Waals surface area contributed by atoms with Crippen molar-refractivity contribution in [1.82, 2.24) is 24.8 Å². The van der Waals surface area contributed by atoms with Gasteiger partial charge in [-0.15, -0.1) is 0 Å². The van der Waals surface area contributed by atoms with Gasteiger partial charge in [0, 0.05) is 7.05 Å². The molecule has 2 N–H and O–H groups in total. The molecule has 24 heavy (non-hydrogen) atoms. The van der Waals surface area contributed by atoms with Gasteiger partial charge < -0.3 is 14.9 Å². The average molecular weight is 343 g/mol. The van der Waals surface area contributed by atoms with Crippen LogP contribution in [-0.2, 0) is 7.05 Å². The molecule has 2 heterocycles. The molecule has 2 aromatic heterocycles. The third-order valence-corrected chi connectivity index (χ3v) is 4.63. The molecule has 0 fully saturated rings. The molecule has 0 bridgehead atoms. The first-order valence-electron chi connectivity index (χ1n) is 7.82. The van der Waals surface area contributed by atoms with E-state index in [1.807, 2.05) is 38.2 Å². The Labute approximate surface area is 145 Å². The fraction of sp³-hybridized carbons (Fsp3) is 0.353. The van der Waals surface area contributed by atoms with Gasteiger partial charge >= 0.3 is 0 Å². The summed E-state index contributed by atoms with van der Waals surface area (Å²) in [6.45, 7) is 1.84. The van der Waals surface area contributed by atoms with Gasteiger partial charge in [-0.2, -0.15) is 11.8 Å². The lowest BCUT2D eigenvalue weighted by Crippen LogP contribution is -2.31. The quantitative estimate of drug-likeness (QED) is 0.722. The van der Waals surface area contributed by atoms with Crippen LogP contribution in [0.15, 0.2) is 30.6 Å². The number of benzene rings is 1. The number of rotatable bonds is 6. The van der Waals surface area contributed by atoms with Gasteiger partial charge in [-0.05, 0) is 37.5 Å². The molecule has 0 saturated heterocycles. The van der Waals surface area contributed by atoms with Crippen molar-refractivity contribution in [1.29, 1.82) is 0 Å². The van der Waals surface area contributed by atoms with E-state index in [1.165, 1.54) is 0 Å². The van der Waals surface area contributed by atoms with Gasteiger partial charge in [0.25, 0.3) is 5.91 Å². The Hall–Kier alpha value is -2.28. The molecule has 3 rings (SSSR count). The number of fused-ring (bicyclic) bond motifs is 1. The molecule has 6 nitrogen and oxygen atoms in total. The van der Waals surface area contributed by atoms with E-state index >= 15 is 0 Å². The number of imidazole rings is 2. The lowest BCUT2D eigenvalue weighted by atomic mass is 10.2. The molecule has 7 heteroatoms. The zero-order valence-electron chi connectivity index (χ0n) is 14.0. The Kier molecular flexibility index (Phi) is 4.89. The number of nitrogens with zero attached hydrogens (tertiary/aromatic N) is 3. The van der Waals surface area contributed by atoms with Gasteiger partial charge in [0.1, 0.15) is 11.5 Å². The number of nitrogens with one attached hydrogen (secondary N) is 2. The zero-order valence-corrected chi connectivity index (χ0v) is 14.9. The fourth-order valence-electron chi connectivity index (χ4n) is 2.75. The molecule has 1 amide bonds. The highest BCUT2D eigenvalue weighted by Gasteiger charge is 2.22. The van der Waals surface area contributed by atoms with E-state index in [0.717, 1.165) is 34.7 Å². The predicted octanol–water partition coefficient (Wildman–Crippen LogP) is 2.83. The SMILES string of the molecule is CSCCC(NC(=O)c1c(C)ncn1C)c1nc2ccccc2[nH]1. The van der Waals surface area contributed by atoms with Crippen LogP contribution in [0.5, 0.6) is 0 Å². The van der Waals surface area contributed by atoms with E-state index in [2.05, 4.69) is 26.5 Å². The van der Waals surface area contributed by atoms with E-state index in [9.17, 15) is 4.79 Å². The number of carbonyl (C=O) groups excluding carboxylic acids is 1. The number of thioether (sulfide) groups is 1. The van der Waals surface area contributed by atoms with E-state index in [4.69, 9.17) is 0 Å². The minimum Gasteiger partial charge on any atom is -0.341 e. The van der Waals surface area contributed by atoms with Crippen molar-refractivity contribution < 1.29 is 4.79 Å². The molecule has 0 saturated carbocycles. The molecule has 3 aromatic rings. The monoisotopic (exact) mass is 343 g/mol. The second-order valence-corrected chi connectivity index (χ2v) is 6.72. The number of aryl methyl sites for hydroxylation is 2. The highest BCUT2D eigenvalue weighted by atomic mass is 32.2. The minimum absolute atomic E-state index is 0.126. The van der Waals surface area contributed by atoms with Crippen LogP contribution in [0.25, 0.3) is 11.0 Å². The molecule has 0 aliphatic rings. The Morgan fingerprint density at radius 3 is 2.88 bits per heavy atom. The Morgan fingerprint density at radius 2 is 2.21 bits per heavy atom. The maximum atomic E-state index is 12.7. The van der Waals surface area contributed by atoms with Crippen molar-refractivity contribution in [2.45, 2.75) is 19.4 Å². The summed E-state index contributed by atoms with van der Waals surface area (Å²) in [5.41, 5.74) is 3.20. The summed E-state index contributed by atoms with van der Waals surface area (Å²) in [6.07, 6.45) is 4.52. The number of carbonyl (C=O) groups is 1. The zero-order chi connectivity index (χ0) is 17.1. The van der Waals surface area contributed by atoms with Crippen LogP contribution in [-0.4, -0.2) is 37.4 Å². The normalized spacial score (nSPS) is 12.5. The summed E-state index contributed by atoms with van der Waals surface area (Å²) >= 11 is 1.75. The molecular weight excluding hydrogens is 322 g/mol. The number of aromatic amines is 1. The van der Waals surface area contributed by atoms with Crippen molar-refractivity contribution in [3.63, 3.8) is 0 Å². The molecule has 0 spiro atoms. The number of hydrogen-bond acceptors (Lipinski definition) is 4. The number of H-pyrrole nitrogens is 1. The molecule has 0 radical (unpaired) electrons. The molecule has 1 atom stereocenters. The Bertz CT molecular complexity index is 801. The smallest absolute Gasteiger partial charge is 0.270 e. The van der Waals surface area contributed by atoms with Crippen molar-refractivity contribution in [3.05, 3.63) is 47.8 Å². The molecule has 1 aromatic carbocycles. The molecule has 0 aliphatic carbocycles. The third-order valence-electron chi connectivity index (χ3n) is 3.99. The summed E-state index contributed by atoms with van der Waals surface area (Å²) in [6, 6.07) is 7.73. The standard InChI is InChI=1S/C17H21N5OS/c1-11-15(22(2)10-18-11)17(23)21-14(8-9-24-3)16-19-12-6-4-5-7-13(12)20-16/h4-7,10,14H,8-9H2,1-3H3,(H,19,20)(H,21,23). The van der Waals surface area contributed by atoms with Crippen LogP contribution in [0, 0.1) is 6.92 Å². The van der Waals surface area contributed by atoms with Crippen LogP contribution in [0.1, 0.15) is 34.5 Å². The topological polar surface area (TPSA) is 75.6 Å². The van der Waals surface area contributed by atoms with Crippen LogP contribution >= 0.6 is 11.8 Å². The van der Waals surface area contributed by atoms with E-state index in [0.29, 0.717) is 5.69 Å². The van der Waals surface area contributed by atoms with Gasteiger partial charge in [-0.25, -0.2) is 9.97 Å². The predicted molar refractivity (Wildman–Crippen MR) is 97.2 cm³/mol. The van der Waals surface area contributed by atoms with Gasteiger partial charge in [0.2, 0.25) is 0 Å². The number of hydrogen-bond donors (Lipinski definition) is 2. The van der Waals surface area contributed by atoms with Crippen molar-refractivity contribution in [2.24, 2.45) is 7.05 Å². The summed E-state index contributed by atoms with van der Waals surface area (Å²) in [5, 5.41) is 3.11. The number of aromatic nitrogens is 4. The van der Waals surface area contributed by atoms with Gasteiger partial charge in [0.15, 0.2) is 0 Å². The fourth-order valence-corrected chi connectivity index (χ4v) is 3.22. The van der Waals surface area contributed by atoms with Crippen LogP contribution in [0.4, 0.5) is 0 Å². The molecular formula is C17H21N5OS. The average Bonchev–Trinajstić information content (AvgIpc) is 3.14. The Morgan fingerprint density at radius 1 is 1.42 bits per heavy atom. The molecule has 126 valence electrons. The largest absolute Gasteiger partial charge is 0.341 e. The highest BCUT2D eigenvalue weighted by Crippen LogP contribution is 2.21. The first-order valence-corrected chi connectivity index (χ1v) is 9.22. The Balaban J connectivity index is 1.87. The van der Waals surface area contributed by atoms with Crippen molar-refractivity contribution in [3.8, 4) is 0 Å². The summed E-state index contributed by atoms with van der Waals surface area (Å²) in [5.74, 6) is 1.60. The number of para-hydroxylation sites is 2. The highest BCUT2D eigenvalue weighted by molar-refractivity contribution is 7.98. The summed E-state index contributed by atoms with van der Waals surface area (Å²) in [4.78, 5) is 24.8. The second kappa shape index (κ2) is 7.09. The van der Waals surface area contributed by atoms with E-state index in [1.54, 1.807) is 22.7 Å². The van der Waals surface area contributed by atoms with Crippen LogP contribution in [0.2, 0.25) is 0 Å². The van der Waals surface area contributed by atoms with Gasteiger partial charge in [-0.1, -0.05) is 12.1 Å². The second-order valence-electron chi connectivity index (χ2n) is 5.74. The summed E-state index contributed by atoms with van der Waals surface area (Å²) < 4.78 is 1.74. The maximum Gasteiger partial charge on any atom is 0.270 e. The summed E-state index contributed by atoms with van der Waals surface area (Å²) in [7, 11) is 1.83. The van der Waals surface area contributed by atoms with Crippen molar-refractivity contribution >= 4 is 28.7 Å². The van der Waals surface area contributed by atoms with Gasteiger partial charge in [-0.3, -0.25) is 4.79 Å². The maximum absolute atomic E-state index is 12.7. The minimum atomic E-state index is -0.161. The van der Waals surface area contributed by atoms with Crippen LogP contribution < -0.4 is 5.32 Å². The van der Waals surface area contributed by atoms with E-state index in [-0.39, 0.29) is 11.9 Å². The first-order chi connectivity index (χ1) is 11.6. The third kappa shape index (κ3) is 3.31. The molecule has 0 aliphatic heterocycles. The number of amides is 1. The van der Waals surface area contributed by atoms with Crippen molar-refractivity contribution in [2.75, 3.05) is 12.0 Å². The lowest BCUT2D eigenvalue weighted by Gasteiger charge is -2.16. The lowest BCUT2D eigenvalue weighted by molar-refractivity contribution is 0.0925. The van der Waals surface area contributed by atoms with E-state index < -0.39 is 0 Å². The van der Waals surface area contributed by atoms with Crippen LogP contribution in [0.3, 0.4) is 0 Å².